The van der Waals surface area contributed by atoms with Gasteiger partial charge in [0.05, 0.1) is 12.3 Å². The standard InChI is InChI=1S/C20H26F3N3O2/c21-20(22,23)15-26-19(27)10-9-18(24-26)16-5-7-17(8-6-16)28-14-4-13-25-11-2-1-3-12-25/h5-10,19,27H,1-4,11-15H2. The Kier molecular flexibility index (Phi) is 6.96. The molecule has 1 fully saturated rings. The number of nitrogens with zero attached hydrogens (tertiary/aromatic N) is 3. The van der Waals surface area contributed by atoms with Gasteiger partial charge in [0.25, 0.3) is 0 Å². The molecule has 1 aromatic rings. The number of likely N-dealkylation sites (tertiary alicyclic amines) is 1. The maximum absolute atomic E-state index is 12.6. The molecule has 1 unspecified atom stereocenters. The van der Waals surface area contributed by atoms with Crippen molar-refractivity contribution in [3.63, 3.8) is 0 Å². The van der Waals surface area contributed by atoms with Crippen LogP contribution in [0.15, 0.2) is 41.5 Å². The Bertz CT molecular complexity index is 683. The van der Waals surface area contributed by atoms with E-state index in [1.807, 2.05) is 0 Å². The molecule has 1 atom stereocenters. The average molecular weight is 397 g/mol. The molecule has 2 aliphatic rings. The third kappa shape index (κ3) is 6.24. The molecule has 5 nitrogen and oxygen atoms in total. The average Bonchev–Trinajstić information content (AvgIpc) is 2.67. The molecule has 3 rings (SSSR count). The predicted molar refractivity (Wildman–Crippen MR) is 101 cm³/mol. The zero-order valence-corrected chi connectivity index (χ0v) is 15.7. The second kappa shape index (κ2) is 9.43. The molecule has 0 aliphatic carbocycles. The van der Waals surface area contributed by atoms with E-state index in [-0.39, 0.29) is 0 Å². The topological polar surface area (TPSA) is 48.3 Å². The van der Waals surface area contributed by atoms with Gasteiger partial charge < -0.3 is 14.7 Å². The second-order valence-corrected chi connectivity index (χ2v) is 7.10. The van der Waals surface area contributed by atoms with Crippen LogP contribution in [-0.4, -0.2) is 65.9 Å². The zero-order chi connectivity index (χ0) is 20.0. The van der Waals surface area contributed by atoms with Crippen LogP contribution in [0.4, 0.5) is 13.2 Å². The number of rotatable bonds is 7. The SMILES string of the molecule is OC1C=CC(c2ccc(OCCCN3CCCCC3)cc2)=NN1CC(F)(F)F. The van der Waals surface area contributed by atoms with Crippen LogP contribution in [-0.2, 0) is 0 Å². The number of allylic oxidation sites excluding steroid dienone is 1. The van der Waals surface area contributed by atoms with Crippen molar-refractivity contribution in [2.75, 3.05) is 32.8 Å². The quantitative estimate of drug-likeness (QED) is 0.717. The molecule has 0 aromatic heterocycles. The summed E-state index contributed by atoms with van der Waals surface area (Å²) in [4.78, 5) is 2.46. The lowest BCUT2D eigenvalue weighted by Crippen LogP contribution is -2.39. The number of piperidine rings is 1. The van der Waals surface area contributed by atoms with Crippen molar-refractivity contribution < 1.29 is 23.0 Å². The molecule has 8 heteroatoms. The molecule has 0 amide bonds. The maximum Gasteiger partial charge on any atom is 0.407 e. The highest BCUT2D eigenvalue weighted by molar-refractivity contribution is 6.09. The van der Waals surface area contributed by atoms with Crippen molar-refractivity contribution in [2.24, 2.45) is 5.10 Å². The Morgan fingerprint density at radius 1 is 1.11 bits per heavy atom. The first-order valence-corrected chi connectivity index (χ1v) is 9.64. The molecule has 1 aromatic carbocycles. The molecule has 0 spiro atoms. The number of hydrazone groups is 1. The van der Waals surface area contributed by atoms with Crippen LogP contribution in [0.2, 0.25) is 0 Å². The van der Waals surface area contributed by atoms with Gasteiger partial charge in [0.2, 0.25) is 0 Å². The van der Waals surface area contributed by atoms with Gasteiger partial charge in [-0.15, -0.1) is 0 Å². The Morgan fingerprint density at radius 2 is 1.82 bits per heavy atom. The van der Waals surface area contributed by atoms with Crippen molar-refractivity contribution in [1.29, 1.82) is 0 Å². The fourth-order valence-electron chi connectivity index (χ4n) is 3.36. The van der Waals surface area contributed by atoms with Gasteiger partial charge >= 0.3 is 6.18 Å². The lowest BCUT2D eigenvalue weighted by Gasteiger charge is -2.27. The van der Waals surface area contributed by atoms with Gasteiger partial charge in [0, 0.05) is 12.1 Å². The third-order valence-corrected chi connectivity index (χ3v) is 4.80. The van der Waals surface area contributed by atoms with Gasteiger partial charge in [-0.2, -0.15) is 18.3 Å². The highest BCUT2D eigenvalue weighted by Crippen LogP contribution is 2.22. The largest absolute Gasteiger partial charge is 0.494 e. The van der Waals surface area contributed by atoms with Gasteiger partial charge in [-0.3, -0.25) is 5.01 Å². The van der Waals surface area contributed by atoms with E-state index >= 15 is 0 Å². The number of benzene rings is 1. The van der Waals surface area contributed by atoms with Crippen LogP contribution in [0.1, 0.15) is 31.2 Å². The zero-order valence-electron chi connectivity index (χ0n) is 15.7. The van der Waals surface area contributed by atoms with Crippen molar-refractivity contribution in [3.8, 4) is 5.75 Å². The summed E-state index contributed by atoms with van der Waals surface area (Å²) in [5.41, 5.74) is 1.03. The summed E-state index contributed by atoms with van der Waals surface area (Å²) >= 11 is 0. The first-order chi connectivity index (χ1) is 13.4. The van der Waals surface area contributed by atoms with Crippen molar-refractivity contribution in [3.05, 3.63) is 42.0 Å². The van der Waals surface area contributed by atoms with Crippen molar-refractivity contribution >= 4 is 5.71 Å². The first-order valence-electron chi connectivity index (χ1n) is 9.64. The van der Waals surface area contributed by atoms with Crippen LogP contribution < -0.4 is 4.74 Å². The van der Waals surface area contributed by atoms with Gasteiger partial charge in [0.15, 0.2) is 6.23 Å². The minimum atomic E-state index is -4.44. The van der Waals surface area contributed by atoms with Crippen LogP contribution in [0, 0.1) is 0 Å². The summed E-state index contributed by atoms with van der Waals surface area (Å²) in [5.74, 6) is 0.718. The summed E-state index contributed by atoms with van der Waals surface area (Å²) in [5, 5.41) is 14.2. The molecular formula is C20H26F3N3O2. The fraction of sp³-hybridized carbons (Fsp3) is 0.550. The molecule has 2 heterocycles. The van der Waals surface area contributed by atoms with E-state index < -0.39 is 18.9 Å². The van der Waals surface area contributed by atoms with Gasteiger partial charge in [-0.1, -0.05) is 6.42 Å². The Morgan fingerprint density at radius 3 is 2.50 bits per heavy atom. The smallest absolute Gasteiger partial charge is 0.407 e. The first kappa shape index (κ1) is 20.7. The molecule has 1 N–H and O–H groups in total. The van der Waals surface area contributed by atoms with E-state index in [2.05, 4.69) is 10.0 Å². The molecule has 0 saturated carbocycles. The van der Waals surface area contributed by atoms with Gasteiger partial charge in [-0.25, -0.2) is 0 Å². The fourth-order valence-corrected chi connectivity index (χ4v) is 3.36. The van der Waals surface area contributed by atoms with Gasteiger partial charge in [0.1, 0.15) is 12.3 Å². The van der Waals surface area contributed by atoms with E-state index in [0.717, 1.165) is 18.7 Å². The lowest BCUT2D eigenvalue weighted by atomic mass is 10.1. The molecule has 0 bridgehead atoms. The summed E-state index contributed by atoms with van der Waals surface area (Å²) < 4.78 is 43.5. The van der Waals surface area contributed by atoms with Gasteiger partial charge in [-0.05, 0) is 68.8 Å². The van der Waals surface area contributed by atoms with E-state index in [1.54, 1.807) is 24.3 Å². The molecule has 0 radical (unpaired) electrons. The van der Waals surface area contributed by atoms with E-state index in [9.17, 15) is 18.3 Å². The van der Waals surface area contributed by atoms with Crippen LogP contribution in [0.3, 0.4) is 0 Å². The summed E-state index contributed by atoms with van der Waals surface area (Å²) in [6.07, 6.45) is 1.83. The lowest BCUT2D eigenvalue weighted by molar-refractivity contribution is -0.161. The third-order valence-electron chi connectivity index (χ3n) is 4.80. The summed E-state index contributed by atoms with van der Waals surface area (Å²) in [6.45, 7) is 2.70. The summed E-state index contributed by atoms with van der Waals surface area (Å²) in [7, 11) is 0. The number of alkyl halides is 3. The van der Waals surface area contributed by atoms with Crippen molar-refractivity contribution in [2.45, 2.75) is 38.1 Å². The predicted octanol–water partition coefficient (Wildman–Crippen LogP) is 3.40. The minimum absolute atomic E-state index is 0.367. The van der Waals surface area contributed by atoms with Crippen molar-refractivity contribution in [1.82, 2.24) is 9.91 Å². The molecule has 28 heavy (non-hydrogen) atoms. The number of hydrogen-bond acceptors (Lipinski definition) is 5. The maximum atomic E-state index is 12.6. The Labute approximate surface area is 163 Å². The molecule has 1 saturated heterocycles. The monoisotopic (exact) mass is 397 g/mol. The number of halogens is 3. The number of ether oxygens (including phenoxy) is 1. The number of aliphatic hydroxyl groups is 1. The van der Waals surface area contributed by atoms with Crippen LogP contribution in [0.5, 0.6) is 5.75 Å². The number of aliphatic hydroxyl groups excluding tert-OH is 1. The van der Waals surface area contributed by atoms with E-state index in [0.29, 0.717) is 22.9 Å². The van der Waals surface area contributed by atoms with Crippen LogP contribution >= 0.6 is 0 Å². The number of hydrogen-bond donors (Lipinski definition) is 1. The van der Waals surface area contributed by atoms with E-state index in [4.69, 9.17) is 4.74 Å². The normalized spacial score (nSPS) is 20.9. The highest BCUT2D eigenvalue weighted by Gasteiger charge is 2.33. The Balaban J connectivity index is 1.50. The second-order valence-electron chi connectivity index (χ2n) is 7.10. The molecule has 154 valence electrons. The van der Waals surface area contributed by atoms with Crippen LogP contribution in [0.25, 0.3) is 0 Å². The minimum Gasteiger partial charge on any atom is -0.494 e. The highest BCUT2D eigenvalue weighted by atomic mass is 19.4. The summed E-state index contributed by atoms with van der Waals surface area (Å²) in [6, 6.07) is 7.08. The Hall–Kier alpha value is -2.06. The molecular weight excluding hydrogens is 371 g/mol. The molecule has 2 aliphatic heterocycles. The van der Waals surface area contributed by atoms with E-state index in [1.165, 1.54) is 44.5 Å².